The van der Waals surface area contributed by atoms with Gasteiger partial charge in [-0.25, -0.2) is 0 Å². The van der Waals surface area contributed by atoms with Gasteiger partial charge in [-0.1, -0.05) is 23.7 Å². The van der Waals surface area contributed by atoms with E-state index in [2.05, 4.69) is 0 Å². The standard InChI is InChI=1S/C12H12Cl2O2/c13-7-12(16,9-5-11(15)6-9)8-1-3-10(14)4-2-8/h1-4,9,16H,5-7H2. The molecule has 1 fully saturated rings. The zero-order valence-electron chi connectivity index (χ0n) is 8.62. The molecule has 0 aliphatic heterocycles. The molecule has 0 amide bonds. The molecule has 86 valence electrons. The van der Waals surface area contributed by atoms with Crippen LogP contribution in [-0.2, 0) is 10.4 Å². The number of carbonyl (C=O) groups is 1. The first kappa shape index (κ1) is 11.9. The Bertz CT molecular complexity index is 394. The van der Waals surface area contributed by atoms with Gasteiger partial charge in [-0.15, -0.1) is 11.6 Å². The molecule has 1 aromatic carbocycles. The zero-order chi connectivity index (χ0) is 11.8. The lowest BCUT2D eigenvalue weighted by atomic mass is 9.70. The molecule has 0 bridgehead atoms. The lowest BCUT2D eigenvalue weighted by Gasteiger charge is -2.39. The number of ketones is 1. The van der Waals surface area contributed by atoms with Crippen LogP contribution in [0.1, 0.15) is 18.4 Å². The monoisotopic (exact) mass is 258 g/mol. The quantitative estimate of drug-likeness (QED) is 0.847. The molecule has 0 heterocycles. The first-order valence-corrected chi connectivity index (χ1v) is 6.03. The van der Waals surface area contributed by atoms with Gasteiger partial charge in [-0.2, -0.15) is 0 Å². The molecule has 2 nitrogen and oxygen atoms in total. The van der Waals surface area contributed by atoms with Crippen molar-refractivity contribution in [2.24, 2.45) is 5.92 Å². The molecule has 2 rings (SSSR count). The SMILES string of the molecule is O=C1CC(C(O)(CCl)c2ccc(Cl)cc2)C1. The summed E-state index contributed by atoms with van der Waals surface area (Å²) in [5, 5.41) is 11.1. The molecule has 1 aromatic rings. The summed E-state index contributed by atoms with van der Waals surface area (Å²) >= 11 is 11.6. The average molecular weight is 259 g/mol. The highest BCUT2D eigenvalue weighted by atomic mass is 35.5. The third-order valence-electron chi connectivity index (χ3n) is 3.17. The lowest BCUT2D eigenvalue weighted by Crippen LogP contribution is -2.44. The van der Waals surface area contributed by atoms with E-state index in [0.717, 1.165) is 5.56 Å². The summed E-state index contributed by atoms with van der Waals surface area (Å²) in [4.78, 5) is 11.0. The molecule has 1 aliphatic carbocycles. The number of hydrogen-bond donors (Lipinski definition) is 1. The second-order valence-corrected chi connectivity index (χ2v) is 4.91. The maximum atomic E-state index is 11.0. The number of Topliss-reactive ketones (excluding diaryl/α,β-unsaturated/α-hetero) is 1. The highest BCUT2D eigenvalue weighted by Gasteiger charge is 2.44. The Morgan fingerprint density at radius 2 is 1.88 bits per heavy atom. The van der Waals surface area contributed by atoms with Gasteiger partial charge in [0.25, 0.3) is 0 Å². The van der Waals surface area contributed by atoms with E-state index in [1.165, 1.54) is 0 Å². The van der Waals surface area contributed by atoms with Crippen molar-refractivity contribution in [3.63, 3.8) is 0 Å². The zero-order valence-corrected chi connectivity index (χ0v) is 10.1. The predicted octanol–water partition coefficient (Wildman–Crippen LogP) is 2.75. The highest BCUT2D eigenvalue weighted by molar-refractivity contribution is 6.30. The summed E-state index contributed by atoms with van der Waals surface area (Å²) in [6.07, 6.45) is 0.817. The van der Waals surface area contributed by atoms with E-state index in [9.17, 15) is 9.90 Å². The van der Waals surface area contributed by atoms with Gasteiger partial charge < -0.3 is 5.11 Å². The predicted molar refractivity (Wildman–Crippen MR) is 63.8 cm³/mol. The van der Waals surface area contributed by atoms with Gasteiger partial charge in [-0.05, 0) is 17.7 Å². The van der Waals surface area contributed by atoms with E-state index in [0.29, 0.717) is 17.9 Å². The van der Waals surface area contributed by atoms with Gasteiger partial charge in [0.05, 0.1) is 5.88 Å². The molecule has 1 N–H and O–H groups in total. The molecule has 16 heavy (non-hydrogen) atoms. The molecule has 0 aromatic heterocycles. The smallest absolute Gasteiger partial charge is 0.133 e. The van der Waals surface area contributed by atoms with Crippen molar-refractivity contribution in [3.8, 4) is 0 Å². The van der Waals surface area contributed by atoms with Crippen molar-refractivity contribution >= 4 is 29.0 Å². The Morgan fingerprint density at radius 1 is 1.31 bits per heavy atom. The molecule has 1 unspecified atom stereocenters. The Kier molecular flexibility index (Phi) is 3.24. The van der Waals surface area contributed by atoms with Crippen molar-refractivity contribution in [3.05, 3.63) is 34.9 Å². The Morgan fingerprint density at radius 3 is 2.31 bits per heavy atom. The Balaban J connectivity index is 2.27. The van der Waals surface area contributed by atoms with Crippen LogP contribution >= 0.6 is 23.2 Å². The highest BCUT2D eigenvalue weighted by Crippen LogP contribution is 2.41. The van der Waals surface area contributed by atoms with Crippen molar-refractivity contribution in [2.75, 3.05) is 5.88 Å². The number of rotatable bonds is 3. The Hall–Kier alpha value is -0.570. The van der Waals surface area contributed by atoms with Crippen LogP contribution in [-0.4, -0.2) is 16.8 Å². The van der Waals surface area contributed by atoms with Crippen molar-refractivity contribution < 1.29 is 9.90 Å². The van der Waals surface area contributed by atoms with Crippen LogP contribution in [0, 0.1) is 5.92 Å². The number of alkyl halides is 1. The first-order valence-electron chi connectivity index (χ1n) is 5.12. The minimum absolute atomic E-state index is 0.0707. The Labute approximate surface area is 104 Å². The third kappa shape index (κ3) is 1.97. The fourth-order valence-electron chi connectivity index (χ4n) is 1.99. The van der Waals surface area contributed by atoms with Crippen LogP contribution in [0.15, 0.2) is 24.3 Å². The molecular weight excluding hydrogens is 247 g/mol. The maximum absolute atomic E-state index is 11.0. The molecule has 1 saturated carbocycles. The van der Waals surface area contributed by atoms with Crippen LogP contribution in [0.2, 0.25) is 5.02 Å². The number of hydrogen-bond acceptors (Lipinski definition) is 2. The lowest BCUT2D eigenvalue weighted by molar-refractivity contribution is -0.136. The third-order valence-corrected chi connectivity index (χ3v) is 3.83. The summed E-state index contributed by atoms with van der Waals surface area (Å²) in [7, 11) is 0. The van der Waals surface area contributed by atoms with Crippen molar-refractivity contribution in [1.82, 2.24) is 0 Å². The van der Waals surface area contributed by atoms with E-state index in [1.807, 2.05) is 0 Å². The molecule has 0 spiro atoms. The van der Waals surface area contributed by atoms with Gasteiger partial charge in [-0.3, -0.25) is 4.79 Å². The fraction of sp³-hybridized carbons (Fsp3) is 0.417. The normalized spacial score (nSPS) is 20.3. The molecule has 0 radical (unpaired) electrons. The van der Waals surface area contributed by atoms with Gasteiger partial charge in [0.15, 0.2) is 0 Å². The minimum atomic E-state index is -1.11. The molecule has 0 saturated heterocycles. The van der Waals surface area contributed by atoms with Gasteiger partial charge in [0.1, 0.15) is 11.4 Å². The van der Waals surface area contributed by atoms with Crippen LogP contribution in [0.4, 0.5) is 0 Å². The van der Waals surface area contributed by atoms with E-state index >= 15 is 0 Å². The number of halogens is 2. The number of benzene rings is 1. The largest absolute Gasteiger partial charge is 0.384 e. The second kappa shape index (κ2) is 4.36. The number of aliphatic hydroxyl groups is 1. The number of carbonyl (C=O) groups excluding carboxylic acids is 1. The van der Waals surface area contributed by atoms with Gasteiger partial charge in [0, 0.05) is 23.8 Å². The molecule has 1 aliphatic rings. The maximum Gasteiger partial charge on any atom is 0.133 e. The van der Waals surface area contributed by atoms with E-state index in [-0.39, 0.29) is 17.6 Å². The summed E-state index contributed by atoms with van der Waals surface area (Å²) in [5.41, 5.74) is -0.385. The van der Waals surface area contributed by atoms with E-state index < -0.39 is 5.60 Å². The summed E-state index contributed by atoms with van der Waals surface area (Å²) in [6, 6.07) is 6.95. The van der Waals surface area contributed by atoms with Crippen LogP contribution in [0.3, 0.4) is 0 Å². The van der Waals surface area contributed by atoms with Gasteiger partial charge in [0.2, 0.25) is 0 Å². The summed E-state index contributed by atoms with van der Waals surface area (Å²) in [5.74, 6) is 0.202. The fourth-order valence-corrected chi connectivity index (χ4v) is 2.49. The molecule has 1 atom stereocenters. The average Bonchev–Trinajstić information content (AvgIpc) is 2.25. The van der Waals surface area contributed by atoms with E-state index in [1.54, 1.807) is 24.3 Å². The van der Waals surface area contributed by atoms with Gasteiger partial charge >= 0.3 is 0 Å². The van der Waals surface area contributed by atoms with Crippen LogP contribution in [0.25, 0.3) is 0 Å². The molecular formula is C12H12Cl2O2. The first-order chi connectivity index (χ1) is 7.56. The topological polar surface area (TPSA) is 37.3 Å². The minimum Gasteiger partial charge on any atom is -0.384 e. The molecule has 4 heteroatoms. The van der Waals surface area contributed by atoms with Crippen molar-refractivity contribution in [1.29, 1.82) is 0 Å². The second-order valence-electron chi connectivity index (χ2n) is 4.21. The van der Waals surface area contributed by atoms with Crippen molar-refractivity contribution in [2.45, 2.75) is 18.4 Å². The van der Waals surface area contributed by atoms with Crippen LogP contribution in [0.5, 0.6) is 0 Å². The van der Waals surface area contributed by atoms with E-state index in [4.69, 9.17) is 23.2 Å². The summed E-state index contributed by atoms with van der Waals surface area (Å²) < 4.78 is 0. The van der Waals surface area contributed by atoms with Crippen LogP contribution < -0.4 is 0 Å². The summed E-state index contributed by atoms with van der Waals surface area (Å²) in [6.45, 7) is 0.